The predicted molar refractivity (Wildman–Crippen MR) is 228 cm³/mol. The van der Waals surface area contributed by atoms with E-state index in [-0.39, 0.29) is 99.4 Å². The van der Waals surface area contributed by atoms with Crippen molar-refractivity contribution in [1.29, 1.82) is 0 Å². The van der Waals surface area contributed by atoms with E-state index < -0.39 is 14.4 Å². The molecule has 288 valence electrons. The molecule has 2 atom stereocenters. The summed E-state index contributed by atoms with van der Waals surface area (Å²) in [7, 11) is -2.68. The summed E-state index contributed by atoms with van der Waals surface area (Å²) in [5.74, 6) is 0. The van der Waals surface area contributed by atoms with Gasteiger partial charge in [0, 0.05) is 9.49 Å². The van der Waals surface area contributed by atoms with Crippen molar-refractivity contribution in [2.75, 3.05) is 0 Å². The zero-order valence-electron chi connectivity index (χ0n) is 36.0. The normalized spacial score (nSPS) is 23.5. The van der Waals surface area contributed by atoms with Crippen LogP contribution in [0.3, 0.4) is 0 Å². The first kappa shape index (κ1) is 55.2. The fourth-order valence-electron chi connectivity index (χ4n) is 8.06. The monoisotopic (exact) mass is 884 g/mol. The van der Waals surface area contributed by atoms with Gasteiger partial charge in [-0.05, 0) is 59.5 Å². The van der Waals surface area contributed by atoms with E-state index in [0.717, 1.165) is 25.7 Å². The van der Waals surface area contributed by atoms with Crippen LogP contribution in [0.25, 0.3) is 0 Å². The minimum Gasteiger partial charge on any atom is -1.00 e. The van der Waals surface area contributed by atoms with E-state index in [4.69, 9.17) is 0 Å². The Hall–Kier alpha value is 1.06. The van der Waals surface area contributed by atoms with E-state index in [1.54, 1.807) is 11.1 Å². The van der Waals surface area contributed by atoms with E-state index >= 15 is 0 Å². The quantitative estimate of drug-likeness (QED) is 0.177. The smallest absolute Gasteiger partial charge is 1.00 e. The summed E-state index contributed by atoms with van der Waals surface area (Å²) in [5.41, 5.74) is 9.34. The van der Waals surface area contributed by atoms with Crippen LogP contribution in [0.2, 0.25) is 39.3 Å². The molecule has 4 rings (SSSR count). The van der Waals surface area contributed by atoms with Gasteiger partial charge in [-0.25, -0.2) is 23.3 Å². The summed E-state index contributed by atoms with van der Waals surface area (Å²) in [6.07, 6.45) is 30.5. The SMILES string of the molecule is CC1=CCC(S[Si](C)(C)C)(C(C)(C)C2=[C-]CC=C2)C(C(C)(C)C)=C1.CC1=CCC(S[Si](C)(C)C)(C(C)(C)C2=[C-]CC=C2)C(C(C)(C)C)=C1.[Cl-].[Cl-].[Ti+2].[Ti+2]. The molecule has 0 radical (unpaired) electrons. The molecule has 52 heavy (non-hydrogen) atoms. The van der Waals surface area contributed by atoms with Crippen molar-refractivity contribution in [3.63, 3.8) is 0 Å². The van der Waals surface area contributed by atoms with Gasteiger partial charge in [0.15, 0.2) is 0 Å². The zero-order valence-corrected chi connectivity index (χ0v) is 44.3. The zero-order chi connectivity index (χ0) is 36.8. The second kappa shape index (κ2) is 19.7. The van der Waals surface area contributed by atoms with Gasteiger partial charge in [0.1, 0.15) is 14.4 Å². The van der Waals surface area contributed by atoms with E-state index in [1.165, 1.54) is 22.3 Å². The summed E-state index contributed by atoms with van der Waals surface area (Å²) in [6.45, 7) is 43.6. The Morgan fingerprint density at radius 3 is 1.06 bits per heavy atom. The third kappa shape index (κ3) is 12.5. The fraction of sp³-hybridized carbons (Fsp3) is 0.636. The van der Waals surface area contributed by atoms with Crippen LogP contribution in [0.4, 0.5) is 0 Å². The first-order valence-corrected chi connectivity index (χ1v) is 28.4. The fourth-order valence-corrected chi connectivity index (χ4v) is 21.1. The van der Waals surface area contributed by atoms with Gasteiger partial charge in [0.2, 0.25) is 0 Å². The largest absolute Gasteiger partial charge is 2.00 e. The van der Waals surface area contributed by atoms with Crippen LogP contribution < -0.4 is 24.8 Å². The Morgan fingerprint density at radius 2 is 0.846 bits per heavy atom. The molecule has 0 saturated carbocycles. The molecule has 0 bridgehead atoms. The predicted octanol–water partition coefficient (Wildman–Crippen LogP) is 8.67. The molecule has 0 aliphatic heterocycles. The molecule has 0 fully saturated rings. The molecule has 0 N–H and O–H groups in total. The van der Waals surface area contributed by atoms with Gasteiger partial charge in [-0.15, -0.1) is 12.8 Å². The maximum atomic E-state index is 3.65. The standard InChI is InChI=1S/2C22H35SSi.2ClH.2Ti/c2*1-17-14-15-22(23-24(7,8)9,19(16-17)20(2,3)4)21(5,6)18-12-10-11-13-18;;;;/h2*10,12,14,16H,11,15H2,1-9H3;2*1H;;/q2*-1;;;2*+2/p-2. The number of allylic oxidation sites excluding steroid dienone is 14. The molecule has 0 heterocycles. The van der Waals surface area contributed by atoms with E-state index in [1.807, 2.05) is 0 Å². The molecule has 0 saturated heterocycles. The molecule has 0 spiro atoms. The van der Waals surface area contributed by atoms with Crippen LogP contribution in [-0.2, 0) is 43.4 Å². The third-order valence-electron chi connectivity index (χ3n) is 10.4. The first-order valence-electron chi connectivity index (χ1n) is 18.3. The van der Waals surface area contributed by atoms with Crippen molar-refractivity contribution in [3.8, 4) is 0 Å². The van der Waals surface area contributed by atoms with E-state index in [9.17, 15) is 0 Å². The third-order valence-corrected chi connectivity index (χ3v) is 19.9. The van der Waals surface area contributed by atoms with Crippen LogP contribution in [0.15, 0.2) is 82.0 Å². The van der Waals surface area contributed by atoms with Crippen LogP contribution in [0.1, 0.15) is 109 Å². The van der Waals surface area contributed by atoms with Gasteiger partial charge < -0.3 is 24.8 Å². The van der Waals surface area contributed by atoms with Crippen LogP contribution in [0.5, 0.6) is 0 Å². The van der Waals surface area contributed by atoms with Crippen LogP contribution in [0, 0.1) is 33.8 Å². The Labute approximate surface area is 375 Å². The summed E-state index contributed by atoms with van der Waals surface area (Å²) in [6, 6.07) is 0. The second-order valence-corrected chi connectivity index (χ2v) is 38.5. The Kier molecular flexibility index (Phi) is 20.9. The maximum Gasteiger partial charge on any atom is 2.00 e. The number of halogens is 2. The summed E-state index contributed by atoms with van der Waals surface area (Å²) in [5, 5.41) is 0. The van der Waals surface area contributed by atoms with Gasteiger partial charge >= 0.3 is 43.4 Å². The minimum atomic E-state index is -1.34. The van der Waals surface area contributed by atoms with Crippen molar-refractivity contribution in [1.82, 2.24) is 0 Å². The molecule has 0 nitrogen and oxygen atoms in total. The molecule has 0 aromatic carbocycles. The molecule has 0 amide bonds. The van der Waals surface area contributed by atoms with E-state index in [0.29, 0.717) is 0 Å². The molecular formula is C44H70Cl2S2Si2Ti2. The molecule has 2 unspecified atom stereocenters. The van der Waals surface area contributed by atoms with Crippen molar-refractivity contribution >= 4 is 36.9 Å². The molecule has 4 aliphatic rings. The number of rotatable bonds is 8. The Morgan fingerprint density at radius 1 is 0.558 bits per heavy atom. The van der Waals surface area contributed by atoms with Crippen LogP contribution in [-0.4, -0.2) is 23.9 Å². The maximum absolute atomic E-state index is 3.65. The molecule has 4 aliphatic carbocycles. The minimum absolute atomic E-state index is 0. The van der Waals surface area contributed by atoms with Gasteiger partial charge in [0.25, 0.3) is 0 Å². The topological polar surface area (TPSA) is 0 Å². The number of hydrogen-bond donors (Lipinski definition) is 0. The second-order valence-electron chi connectivity index (χ2n) is 19.6. The van der Waals surface area contributed by atoms with Crippen molar-refractivity contribution in [3.05, 3.63) is 94.2 Å². The Bertz CT molecular complexity index is 1370. The van der Waals surface area contributed by atoms with Gasteiger partial charge in [-0.2, -0.15) is 34.6 Å². The van der Waals surface area contributed by atoms with Crippen molar-refractivity contribution in [2.24, 2.45) is 21.7 Å². The molecule has 0 aromatic rings. The van der Waals surface area contributed by atoms with E-state index in [2.05, 4.69) is 206 Å². The van der Waals surface area contributed by atoms with Gasteiger partial charge in [0.05, 0.1) is 0 Å². The summed E-state index contributed by atoms with van der Waals surface area (Å²) < 4.78 is 0.235. The number of hydrogen-bond acceptors (Lipinski definition) is 2. The molecule has 8 heteroatoms. The summed E-state index contributed by atoms with van der Waals surface area (Å²) in [4.78, 5) is 0. The van der Waals surface area contributed by atoms with Crippen molar-refractivity contribution < 1.29 is 68.2 Å². The Balaban J connectivity index is 0. The van der Waals surface area contributed by atoms with Crippen LogP contribution >= 0.6 is 22.4 Å². The van der Waals surface area contributed by atoms with Gasteiger partial charge in [-0.1, -0.05) is 144 Å². The first-order chi connectivity index (χ1) is 21.6. The molecular weight excluding hydrogens is 815 g/mol. The average molecular weight is 886 g/mol. The molecule has 0 aromatic heterocycles. The van der Waals surface area contributed by atoms with Gasteiger partial charge in [-0.3, -0.25) is 12.2 Å². The average Bonchev–Trinajstić information content (AvgIpc) is 3.64. The van der Waals surface area contributed by atoms with Crippen molar-refractivity contribution in [2.45, 2.75) is 158 Å². The summed E-state index contributed by atoms with van der Waals surface area (Å²) >= 11 is 4.57.